The molecule has 1 amide bonds. The highest BCUT2D eigenvalue weighted by molar-refractivity contribution is 9.10. The smallest absolute Gasteiger partial charge is 0.226 e. The van der Waals surface area contributed by atoms with E-state index in [9.17, 15) is 4.79 Å². The van der Waals surface area contributed by atoms with Gasteiger partial charge in [-0.05, 0) is 34.1 Å². The number of anilines is 1. The number of halogens is 2. The van der Waals surface area contributed by atoms with E-state index in [0.29, 0.717) is 28.1 Å². The summed E-state index contributed by atoms with van der Waals surface area (Å²) in [6.07, 6.45) is 3.87. The molecule has 0 unspecified atom stereocenters. The van der Waals surface area contributed by atoms with Crippen LogP contribution in [-0.4, -0.2) is 15.7 Å². The number of hydrogen-bond acceptors (Lipinski definition) is 2. The van der Waals surface area contributed by atoms with Gasteiger partial charge in [-0.2, -0.15) is 5.10 Å². The first-order valence-electron chi connectivity index (χ1n) is 5.38. The summed E-state index contributed by atoms with van der Waals surface area (Å²) >= 11 is 9.28. The Hall–Kier alpha value is -1.33. The molecule has 1 N–H and O–H groups in total. The topological polar surface area (TPSA) is 46.9 Å². The summed E-state index contributed by atoms with van der Waals surface area (Å²) in [5.74, 6) is -0.0755. The van der Waals surface area contributed by atoms with Crippen LogP contribution in [-0.2, 0) is 11.3 Å². The summed E-state index contributed by atoms with van der Waals surface area (Å²) < 4.78 is 2.41. The first-order valence-corrected chi connectivity index (χ1v) is 6.55. The molecule has 0 saturated heterocycles. The molecule has 0 bridgehead atoms. The van der Waals surface area contributed by atoms with Crippen molar-refractivity contribution in [2.45, 2.75) is 13.0 Å². The zero-order chi connectivity index (χ0) is 13.0. The molecule has 1 aromatic carbocycles. The second kappa shape index (κ2) is 6.02. The summed E-state index contributed by atoms with van der Waals surface area (Å²) in [7, 11) is 0. The van der Waals surface area contributed by atoms with Gasteiger partial charge >= 0.3 is 0 Å². The van der Waals surface area contributed by atoms with Crippen molar-refractivity contribution in [3.8, 4) is 0 Å². The molecule has 2 rings (SSSR count). The molecular weight excluding hydrogens is 318 g/mol. The number of carbonyl (C=O) groups excluding carboxylic acids is 1. The summed E-state index contributed by atoms with van der Waals surface area (Å²) in [5.41, 5.74) is 0.674. The lowest BCUT2D eigenvalue weighted by Crippen LogP contribution is -2.15. The third-order valence-corrected chi connectivity index (χ3v) is 3.75. The number of hydrogen-bond donors (Lipinski definition) is 1. The van der Waals surface area contributed by atoms with Gasteiger partial charge in [-0.1, -0.05) is 17.7 Å². The quantitative estimate of drug-likeness (QED) is 0.936. The summed E-state index contributed by atoms with van der Waals surface area (Å²) in [6, 6.07) is 7.16. The molecule has 0 saturated carbocycles. The summed E-state index contributed by atoms with van der Waals surface area (Å²) in [4.78, 5) is 11.8. The first kappa shape index (κ1) is 13.1. The van der Waals surface area contributed by atoms with Gasteiger partial charge in [0.15, 0.2) is 0 Å². The fourth-order valence-electron chi connectivity index (χ4n) is 1.46. The number of nitrogens with one attached hydrogen (secondary N) is 1. The zero-order valence-corrected chi connectivity index (χ0v) is 11.8. The maximum absolute atomic E-state index is 11.8. The third kappa shape index (κ3) is 3.34. The largest absolute Gasteiger partial charge is 0.325 e. The molecule has 1 aromatic heterocycles. The van der Waals surface area contributed by atoms with E-state index in [2.05, 4.69) is 26.3 Å². The van der Waals surface area contributed by atoms with E-state index in [-0.39, 0.29) is 5.91 Å². The third-order valence-electron chi connectivity index (χ3n) is 2.35. The minimum absolute atomic E-state index is 0.0755. The van der Waals surface area contributed by atoms with Crippen LogP contribution >= 0.6 is 27.5 Å². The Balaban J connectivity index is 1.93. The van der Waals surface area contributed by atoms with Gasteiger partial charge in [0.1, 0.15) is 0 Å². The number of aromatic nitrogens is 2. The monoisotopic (exact) mass is 327 g/mol. The minimum atomic E-state index is -0.0755. The molecule has 0 spiro atoms. The van der Waals surface area contributed by atoms with Gasteiger partial charge in [-0.3, -0.25) is 9.48 Å². The lowest BCUT2D eigenvalue weighted by molar-refractivity contribution is -0.116. The number of nitrogens with zero attached hydrogens (tertiary/aromatic N) is 2. The molecule has 6 heteroatoms. The number of rotatable bonds is 4. The molecule has 0 aliphatic carbocycles. The van der Waals surface area contributed by atoms with Crippen LogP contribution in [0.4, 0.5) is 5.69 Å². The highest BCUT2D eigenvalue weighted by atomic mass is 79.9. The van der Waals surface area contributed by atoms with Crippen LogP contribution in [0.1, 0.15) is 6.42 Å². The molecule has 0 fully saturated rings. The summed E-state index contributed by atoms with van der Waals surface area (Å²) in [6.45, 7) is 0.553. The van der Waals surface area contributed by atoms with Crippen LogP contribution in [0.2, 0.25) is 5.02 Å². The van der Waals surface area contributed by atoms with Gasteiger partial charge < -0.3 is 5.32 Å². The van der Waals surface area contributed by atoms with Gasteiger partial charge in [0, 0.05) is 25.4 Å². The molecule has 18 heavy (non-hydrogen) atoms. The molecular formula is C12H11BrClN3O. The molecule has 0 radical (unpaired) electrons. The van der Waals surface area contributed by atoms with Crippen LogP contribution in [0.25, 0.3) is 0 Å². The van der Waals surface area contributed by atoms with Crippen LogP contribution in [0.5, 0.6) is 0 Å². The van der Waals surface area contributed by atoms with E-state index in [1.165, 1.54) is 0 Å². The van der Waals surface area contributed by atoms with Crippen LogP contribution < -0.4 is 5.32 Å². The van der Waals surface area contributed by atoms with Gasteiger partial charge in [0.05, 0.1) is 15.2 Å². The Bertz CT molecular complexity index is 542. The maximum atomic E-state index is 11.8. The van der Waals surface area contributed by atoms with E-state index in [4.69, 9.17) is 11.6 Å². The highest BCUT2D eigenvalue weighted by Crippen LogP contribution is 2.29. The van der Waals surface area contributed by atoms with Gasteiger partial charge in [0.2, 0.25) is 5.91 Å². The Morgan fingerprint density at radius 1 is 1.44 bits per heavy atom. The standard InChI is InChI=1S/C12H11BrClN3O/c13-12-9(14)3-1-4-10(12)16-11(18)5-8-17-7-2-6-15-17/h1-4,6-7H,5,8H2,(H,16,18). The van der Waals surface area contributed by atoms with Crippen molar-refractivity contribution in [2.75, 3.05) is 5.32 Å². The number of benzene rings is 1. The van der Waals surface area contributed by atoms with Crippen molar-refractivity contribution >= 4 is 39.1 Å². The number of amides is 1. The van der Waals surface area contributed by atoms with Crippen LogP contribution in [0.3, 0.4) is 0 Å². The minimum Gasteiger partial charge on any atom is -0.325 e. The predicted molar refractivity (Wildman–Crippen MR) is 74.6 cm³/mol. The van der Waals surface area contributed by atoms with E-state index in [1.807, 2.05) is 12.3 Å². The highest BCUT2D eigenvalue weighted by Gasteiger charge is 2.07. The lowest BCUT2D eigenvalue weighted by Gasteiger charge is -2.08. The Kier molecular flexibility index (Phi) is 4.38. The zero-order valence-electron chi connectivity index (χ0n) is 9.44. The van der Waals surface area contributed by atoms with Gasteiger partial charge in [-0.15, -0.1) is 0 Å². The Morgan fingerprint density at radius 2 is 2.28 bits per heavy atom. The average Bonchev–Trinajstić information content (AvgIpc) is 2.86. The maximum Gasteiger partial charge on any atom is 0.226 e. The van der Waals surface area contributed by atoms with Crippen molar-refractivity contribution in [3.63, 3.8) is 0 Å². The van der Waals surface area contributed by atoms with Crippen molar-refractivity contribution in [3.05, 3.63) is 46.2 Å². The first-order chi connectivity index (χ1) is 8.66. The SMILES string of the molecule is O=C(CCn1cccn1)Nc1cccc(Cl)c1Br. The average molecular weight is 329 g/mol. The molecule has 2 aromatic rings. The van der Waals surface area contributed by atoms with E-state index in [1.54, 1.807) is 29.1 Å². The van der Waals surface area contributed by atoms with E-state index >= 15 is 0 Å². The fourth-order valence-corrected chi connectivity index (χ4v) is 2.00. The lowest BCUT2D eigenvalue weighted by atomic mass is 10.3. The van der Waals surface area contributed by atoms with Crippen molar-refractivity contribution in [1.82, 2.24) is 9.78 Å². The number of carbonyl (C=O) groups is 1. The van der Waals surface area contributed by atoms with Crippen LogP contribution in [0.15, 0.2) is 41.1 Å². The molecule has 1 heterocycles. The number of aryl methyl sites for hydroxylation is 1. The normalized spacial score (nSPS) is 10.3. The van der Waals surface area contributed by atoms with Gasteiger partial charge in [-0.25, -0.2) is 0 Å². The van der Waals surface area contributed by atoms with Crippen molar-refractivity contribution < 1.29 is 4.79 Å². The van der Waals surface area contributed by atoms with Crippen molar-refractivity contribution in [2.24, 2.45) is 0 Å². The molecule has 0 atom stereocenters. The second-order valence-electron chi connectivity index (χ2n) is 3.67. The molecule has 0 aliphatic heterocycles. The Morgan fingerprint density at radius 3 is 3.00 bits per heavy atom. The summed E-state index contributed by atoms with van der Waals surface area (Å²) in [5, 5.41) is 7.40. The fraction of sp³-hybridized carbons (Fsp3) is 0.167. The molecule has 94 valence electrons. The van der Waals surface area contributed by atoms with Crippen molar-refractivity contribution in [1.29, 1.82) is 0 Å². The van der Waals surface area contributed by atoms with Gasteiger partial charge in [0.25, 0.3) is 0 Å². The predicted octanol–water partition coefficient (Wildman–Crippen LogP) is 3.33. The van der Waals surface area contributed by atoms with E-state index in [0.717, 1.165) is 0 Å². The van der Waals surface area contributed by atoms with E-state index < -0.39 is 0 Å². The molecule has 4 nitrogen and oxygen atoms in total. The van der Waals surface area contributed by atoms with Crippen LogP contribution in [0, 0.1) is 0 Å². The Labute approximate surface area is 118 Å². The second-order valence-corrected chi connectivity index (χ2v) is 4.87. The molecule has 0 aliphatic rings.